The van der Waals surface area contributed by atoms with Crippen LogP contribution in [0.1, 0.15) is 50.5 Å². The summed E-state index contributed by atoms with van der Waals surface area (Å²) in [6.07, 6.45) is 2.22. The van der Waals surface area contributed by atoms with Crippen LogP contribution in [-0.4, -0.2) is 17.9 Å². The van der Waals surface area contributed by atoms with Gasteiger partial charge >= 0.3 is 0 Å². The van der Waals surface area contributed by atoms with Crippen LogP contribution in [0.3, 0.4) is 0 Å². The smallest absolute Gasteiger partial charge is 0.248 e. The van der Waals surface area contributed by atoms with E-state index in [1.54, 1.807) is 18.2 Å². The Labute approximate surface area is 193 Å². The van der Waals surface area contributed by atoms with Crippen LogP contribution in [-0.2, 0) is 10.2 Å². The largest absolute Gasteiger partial charge is 0.488 e. The highest BCUT2D eigenvalue weighted by molar-refractivity contribution is 8.00. The van der Waals surface area contributed by atoms with E-state index in [0.717, 1.165) is 36.8 Å². The van der Waals surface area contributed by atoms with Gasteiger partial charge in [0, 0.05) is 29.6 Å². The number of carbonyl (C=O) groups excluding carboxylic acids is 1. The van der Waals surface area contributed by atoms with Crippen molar-refractivity contribution in [1.82, 2.24) is 0 Å². The van der Waals surface area contributed by atoms with Gasteiger partial charge in [-0.2, -0.15) is 0 Å². The molecular formula is C23H22ClF3N2O2S. The van der Waals surface area contributed by atoms with Crippen molar-refractivity contribution in [1.29, 1.82) is 0 Å². The third-order valence-corrected chi connectivity index (χ3v) is 7.75. The average Bonchev–Trinajstić information content (AvgIpc) is 3.01. The first-order valence-electron chi connectivity index (χ1n) is 10.7. The van der Waals surface area contributed by atoms with E-state index in [2.05, 4.69) is 10.0 Å². The summed E-state index contributed by atoms with van der Waals surface area (Å²) in [6.45, 7) is 0. The van der Waals surface area contributed by atoms with Crippen molar-refractivity contribution in [2.45, 2.75) is 67.3 Å². The minimum Gasteiger partial charge on any atom is -0.488 e. The fraction of sp³-hybridized carbons (Fsp3) is 0.435. The molecule has 0 radical (unpaired) electrons. The van der Waals surface area contributed by atoms with Gasteiger partial charge in [0.15, 0.2) is 0 Å². The van der Waals surface area contributed by atoms with E-state index in [4.69, 9.17) is 16.3 Å². The summed E-state index contributed by atoms with van der Waals surface area (Å²) in [5.74, 6) is -2.67. The summed E-state index contributed by atoms with van der Waals surface area (Å²) >= 11 is 6.92. The maximum Gasteiger partial charge on any atom is 0.248 e. The van der Waals surface area contributed by atoms with Gasteiger partial charge in [0.1, 0.15) is 11.6 Å². The van der Waals surface area contributed by atoms with E-state index in [1.807, 2.05) is 6.07 Å². The average molecular weight is 483 g/mol. The molecular weight excluding hydrogens is 461 g/mol. The molecule has 4 nitrogen and oxygen atoms in total. The standard InChI is InChI=1S/C23H22ClF3N2O2S/c24-13-2-3-19(17(25)10-13)32-29-14-11-16-20(28-21(30)22(16)6-1-7-22)18(12-14)31-15-4-8-23(26,27)9-5-15/h2-3,10-12,15,29H,1,4-9H2,(H,28,30). The molecule has 0 aromatic heterocycles. The van der Waals surface area contributed by atoms with Crippen LogP contribution in [0.25, 0.3) is 0 Å². The maximum absolute atomic E-state index is 14.2. The first-order chi connectivity index (χ1) is 15.3. The topological polar surface area (TPSA) is 50.4 Å². The van der Waals surface area contributed by atoms with E-state index >= 15 is 0 Å². The van der Waals surface area contributed by atoms with E-state index in [0.29, 0.717) is 27.0 Å². The highest BCUT2D eigenvalue weighted by Crippen LogP contribution is 2.55. The molecule has 2 N–H and O–H groups in total. The summed E-state index contributed by atoms with van der Waals surface area (Å²) in [5, 5.41) is 3.27. The van der Waals surface area contributed by atoms with Gasteiger partial charge in [-0.3, -0.25) is 4.79 Å². The van der Waals surface area contributed by atoms with Crippen molar-refractivity contribution in [3.8, 4) is 5.75 Å². The molecule has 32 heavy (non-hydrogen) atoms. The van der Waals surface area contributed by atoms with Gasteiger partial charge in [-0.15, -0.1) is 0 Å². The Morgan fingerprint density at radius 2 is 1.88 bits per heavy atom. The minimum absolute atomic E-state index is 0.0488. The summed E-state index contributed by atoms with van der Waals surface area (Å²) in [6, 6.07) is 8.07. The van der Waals surface area contributed by atoms with Crippen LogP contribution < -0.4 is 14.8 Å². The molecule has 1 heterocycles. The molecule has 2 aliphatic carbocycles. The Hall–Kier alpha value is -2.06. The molecule has 0 unspecified atom stereocenters. The number of carbonyl (C=O) groups is 1. The molecule has 2 aromatic rings. The zero-order chi connectivity index (χ0) is 22.5. The lowest BCUT2D eigenvalue weighted by molar-refractivity contribution is -0.123. The van der Waals surface area contributed by atoms with Crippen molar-refractivity contribution >= 4 is 40.8 Å². The Bertz CT molecular complexity index is 1070. The number of halogens is 4. The van der Waals surface area contributed by atoms with Gasteiger partial charge in [-0.1, -0.05) is 18.0 Å². The van der Waals surface area contributed by atoms with Gasteiger partial charge in [0.05, 0.1) is 22.1 Å². The van der Waals surface area contributed by atoms with Crippen LogP contribution >= 0.6 is 23.5 Å². The SMILES string of the molecule is O=C1Nc2c(OC3CCC(F)(F)CC3)cc(NSc3ccc(Cl)cc3F)cc2C12CCC2. The molecule has 0 atom stereocenters. The fourth-order valence-electron chi connectivity index (χ4n) is 4.64. The number of benzene rings is 2. The molecule has 2 fully saturated rings. The highest BCUT2D eigenvalue weighted by Gasteiger charge is 2.52. The molecule has 0 bridgehead atoms. The van der Waals surface area contributed by atoms with Gasteiger partial charge in [0.25, 0.3) is 0 Å². The van der Waals surface area contributed by atoms with Gasteiger partial charge in [0.2, 0.25) is 11.8 Å². The van der Waals surface area contributed by atoms with Crippen molar-refractivity contribution in [2.75, 3.05) is 10.0 Å². The number of fused-ring (bicyclic) bond motifs is 2. The molecule has 3 aliphatic rings. The maximum atomic E-state index is 14.2. The Kier molecular flexibility index (Phi) is 5.48. The molecule has 1 amide bonds. The Balaban J connectivity index is 1.43. The summed E-state index contributed by atoms with van der Waals surface area (Å²) in [4.78, 5) is 13.2. The number of ether oxygens (including phenoxy) is 1. The third kappa shape index (κ3) is 3.92. The third-order valence-electron chi connectivity index (χ3n) is 6.63. The van der Waals surface area contributed by atoms with Crippen molar-refractivity contribution in [3.05, 3.63) is 46.7 Å². The highest BCUT2D eigenvalue weighted by atomic mass is 35.5. The summed E-state index contributed by atoms with van der Waals surface area (Å²) < 4.78 is 50.6. The number of nitrogens with one attached hydrogen (secondary N) is 2. The zero-order valence-corrected chi connectivity index (χ0v) is 18.7. The summed E-state index contributed by atoms with van der Waals surface area (Å²) in [5.41, 5.74) is 1.57. The molecule has 170 valence electrons. The second kappa shape index (κ2) is 8.06. The second-order valence-corrected chi connectivity index (χ2v) is 10.0. The van der Waals surface area contributed by atoms with Crippen LogP contribution in [0.4, 0.5) is 24.5 Å². The quantitative estimate of drug-likeness (QED) is 0.454. The first kappa shape index (κ1) is 21.8. The van der Waals surface area contributed by atoms with Crippen LogP contribution in [0.2, 0.25) is 5.02 Å². The fourth-order valence-corrected chi connectivity index (χ4v) is 5.44. The minimum atomic E-state index is -2.64. The van der Waals surface area contributed by atoms with Gasteiger partial charge in [-0.25, -0.2) is 13.2 Å². The van der Waals surface area contributed by atoms with Crippen LogP contribution in [0.15, 0.2) is 35.2 Å². The molecule has 2 saturated carbocycles. The van der Waals surface area contributed by atoms with Gasteiger partial charge < -0.3 is 14.8 Å². The van der Waals surface area contributed by atoms with E-state index in [9.17, 15) is 18.0 Å². The lowest BCUT2D eigenvalue weighted by atomic mass is 9.65. The van der Waals surface area contributed by atoms with Gasteiger partial charge in [-0.05, 0) is 67.5 Å². The van der Waals surface area contributed by atoms with Crippen LogP contribution in [0.5, 0.6) is 5.75 Å². The molecule has 2 aromatic carbocycles. The number of rotatable bonds is 5. The number of amides is 1. The molecule has 0 saturated heterocycles. The molecule has 9 heteroatoms. The van der Waals surface area contributed by atoms with Crippen molar-refractivity contribution in [2.24, 2.45) is 0 Å². The summed E-state index contributed by atoms with van der Waals surface area (Å²) in [7, 11) is 0. The Morgan fingerprint density at radius 3 is 2.53 bits per heavy atom. The molecule has 5 rings (SSSR count). The van der Waals surface area contributed by atoms with E-state index in [-0.39, 0.29) is 37.7 Å². The number of alkyl halides is 2. The van der Waals surface area contributed by atoms with E-state index < -0.39 is 17.2 Å². The normalized spacial score (nSPS) is 21.1. The predicted octanol–water partition coefficient (Wildman–Crippen LogP) is 6.93. The number of anilines is 2. The number of hydrogen-bond donors (Lipinski definition) is 2. The van der Waals surface area contributed by atoms with Crippen LogP contribution in [0, 0.1) is 5.82 Å². The van der Waals surface area contributed by atoms with Crippen molar-refractivity contribution < 1.29 is 22.7 Å². The molecule has 1 aliphatic heterocycles. The Morgan fingerprint density at radius 1 is 1.12 bits per heavy atom. The monoisotopic (exact) mass is 482 g/mol. The number of hydrogen-bond acceptors (Lipinski definition) is 4. The lowest BCUT2D eigenvalue weighted by Gasteiger charge is -2.36. The predicted molar refractivity (Wildman–Crippen MR) is 119 cm³/mol. The van der Waals surface area contributed by atoms with Crippen molar-refractivity contribution in [3.63, 3.8) is 0 Å². The molecule has 1 spiro atoms. The first-order valence-corrected chi connectivity index (χ1v) is 11.9. The zero-order valence-electron chi connectivity index (χ0n) is 17.2. The lowest BCUT2D eigenvalue weighted by Crippen LogP contribution is -2.40. The van der Waals surface area contributed by atoms with E-state index in [1.165, 1.54) is 6.07 Å². The second-order valence-electron chi connectivity index (χ2n) is 8.74.